The third kappa shape index (κ3) is 3.32. The highest BCUT2D eigenvalue weighted by Crippen LogP contribution is 2.33. The van der Waals surface area contributed by atoms with Gasteiger partial charge in [-0.25, -0.2) is 0 Å². The Morgan fingerprint density at radius 2 is 2.39 bits per heavy atom. The zero-order chi connectivity index (χ0) is 16.2. The molecular weight excluding hydrogens is 292 g/mol. The average Bonchev–Trinajstić information content (AvgIpc) is 3.21. The number of amides is 1. The van der Waals surface area contributed by atoms with Gasteiger partial charge < -0.3 is 15.0 Å². The summed E-state index contributed by atoms with van der Waals surface area (Å²) >= 11 is 0. The first kappa shape index (κ1) is 15.8. The van der Waals surface area contributed by atoms with Crippen LogP contribution in [0.3, 0.4) is 0 Å². The van der Waals surface area contributed by atoms with Gasteiger partial charge in [-0.05, 0) is 38.8 Å². The third-order valence-electron chi connectivity index (χ3n) is 4.51. The molecule has 124 valence electrons. The number of rotatable bonds is 5. The number of aryl methyl sites for hydroxylation is 2. The van der Waals surface area contributed by atoms with Gasteiger partial charge in [0.2, 0.25) is 0 Å². The summed E-state index contributed by atoms with van der Waals surface area (Å²) in [5.74, 6) is 0.242. The number of carbonyl (C=O) groups is 1. The zero-order valence-electron chi connectivity index (χ0n) is 13.7. The summed E-state index contributed by atoms with van der Waals surface area (Å²) in [7, 11) is 0. The lowest BCUT2D eigenvalue weighted by molar-refractivity contribution is -0.0321. The number of aromatic nitrogens is 3. The van der Waals surface area contributed by atoms with E-state index in [4.69, 9.17) is 4.74 Å². The molecule has 0 aromatic carbocycles. The van der Waals surface area contributed by atoms with Crippen LogP contribution in [0.4, 0.5) is 0 Å². The number of carbonyl (C=O) groups excluding carboxylic acids is 1. The lowest BCUT2D eigenvalue weighted by atomic mass is 9.92. The van der Waals surface area contributed by atoms with Crippen molar-refractivity contribution in [3.8, 4) is 0 Å². The van der Waals surface area contributed by atoms with Crippen molar-refractivity contribution in [3.05, 3.63) is 41.5 Å². The van der Waals surface area contributed by atoms with Crippen LogP contribution < -0.4 is 5.32 Å². The minimum absolute atomic E-state index is 0.00109. The van der Waals surface area contributed by atoms with Crippen molar-refractivity contribution < 1.29 is 9.53 Å². The number of H-pyrrole nitrogens is 1. The van der Waals surface area contributed by atoms with Gasteiger partial charge >= 0.3 is 0 Å². The molecule has 3 rings (SSSR count). The highest BCUT2D eigenvalue weighted by Gasteiger charge is 2.30. The standard InChI is InChI=1S/C17H24N4O2/c1-3-21-15(7-9-20-21)16-13(5-4-10-23-16)11-19-17(22)14-6-8-18-12(14)2/h6-9,13,16,18H,3-5,10-11H2,1-2H3,(H,19,22)/t13-,16+/m0/s1. The second kappa shape index (κ2) is 7.00. The van der Waals surface area contributed by atoms with E-state index in [2.05, 4.69) is 22.3 Å². The van der Waals surface area contributed by atoms with E-state index in [0.29, 0.717) is 12.1 Å². The summed E-state index contributed by atoms with van der Waals surface area (Å²) in [6.07, 6.45) is 5.68. The first-order chi connectivity index (χ1) is 11.2. The Kier molecular flexibility index (Phi) is 4.81. The summed E-state index contributed by atoms with van der Waals surface area (Å²) in [5.41, 5.74) is 2.70. The number of hydrogen-bond acceptors (Lipinski definition) is 3. The van der Waals surface area contributed by atoms with Crippen LogP contribution in [0.1, 0.15) is 47.6 Å². The predicted octanol–water partition coefficient (Wildman–Crippen LogP) is 2.44. The van der Waals surface area contributed by atoms with E-state index in [9.17, 15) is 4.79 Å². The molecule has 23 heavy (non-hydrogen) atoms. The summed E-state index contributed by atoms with van der Waals surface area (Å²) in [6.45, 7) is 6.18. The predicted molar refractivity (Wildman–Crippen MR) is 87.2 cm³/mol. The molecular formula is C17H24N4O2. The molecule has 2 aromatic heterocycles. The van der Waals surface area contributed by atoms with E-state index >= 15 is 0 Å². The quantitative estimate of drug-likeness (QED) is 0.890. The van der Waals surface area contributed by atoms with Crippen molar-refractivity contribution in [2.75, 3.05) is 13.2 Å². The van der Waals surface area contributed by atoms with E-state index in [1.165, 1.54) is 0 Å². The zero-order valence-corrected chi connectivity index (χ0v) is 13.7. The molecule has 0 bridgehead atoms. The smallest absolute Gasteiger partial charge is 0.253 e. The molecule has 0 saturated carbocycles. The van der Waals surface area contributed by atoms with Crippen LogP contribution in [0.15, 0.2) is 24.5 Å². The molecule has 1 aliphatic rings. The molecule has 0 unspecified atom stereocenters. The Bertz CT molecular complexity index is 661. The molecule has 1 amide bonds. The van der Waals surface area contributed by atoms with Crippen molar-refractivity contribution in [1.82, 2.24) is 20.1 Å². The fraction of sp³-hybridized carbons (Fsp3) is 0.529. The Morgan fingerprint density at radius 3 is 3.13 bits per heavy atom. The first-order valence-electron chi connectivity index (χ1n) is 8.26. The van der Waals surface area contributed by atoms with Crippen LogP contribution in [0.25, 0.3) is 0 Å². The second-order valence-electron chi connectivity index (χ2n) is 5.99. The van der Waals surface area contributed by atoms with Crippen molar-refractivity contribution in [2.45, 2.75) is 39.3 Å². The number of nitrogens with zero attached hydrogens (tertiary/aromatic N) is 2. The lowest BCUT2D eigenvalue weighted by Gasteiger charge is -2.32. The van der Waals surface area contributed by atoms with E-state index < -0.39 is 0 Å². The van der Waals surface area contributed by atoms with Crippen molar-refractivity contribution in [3.63, 3.8) is 0 Å². The van der Waals surface area contributed by atoms with E-state index in [1.807, 2.05) is 29.9 Å². The van der Waals surface area contributed by atoms with Gasteiger partial charge in [0.25, 0.3) is 5.91 Å². The molecule has 0 spiro atoms. The van der Waals surface area contributed by atoms with Gasteiger partial charge in [0.15, 0.2) is 0 Å². The molecule has 1 saturated heterocycles. The number of nitrogens with one attached hydrogen (secondary N) is 2. The Balaban J connectivity index is 1.68. The van der Waals surface area contributed by atoms with Crippen LogP contribution >= 0.6 is 0 Å². The van der Waals surface area contributed by atoms with Gasteiger partial charge in [-0.2, -0.15) is 5.10 Å². The minimum atomic E-state index is -0.0305. The van der Waals surface area contributed by atoms with Gasteiger partial charge in [-0.1, -0.05) is 0 Å². The summed E-state index contributed by atoms with van der Waals surface area (Å²) in [5, 5.41) is 7.39. The van der Waals surface area contributed by atoms with Crippen molar-refractivity contribution in [2.24, 2.45) is 5.92 Å². The minimum Gasteiger partial charge on any atom is -0.372 e. The largest absolute Gasteiger partial charge is 0.372 e. The van der Waals surface area contributed by atoms with Crippen LogP contribution in [0, 0.1) is 12.8 Å². The normalized spacial score (nSPS) is 21.3. The molecule has 1 aliphatic heterocycles. The molecule has 2 atom stereocenters. The Labute approximate surface area is 136 Å². The van der Waals surface area contributed by atoms with E-state index in [1.54, 1.807) is 6.20 Å². The highest BCUT2D eigenvalue weighted by atomic mass is 16.5. The number of ether oxygens (including phenoxy) is 1. The van der Waals surface area contributed by atoms with Gasteiger partial charge in [0.1, 0.15) is 6.10 Å². The maximum atomic E-state index is 12.3. The van der Waals surface area contributed by atoms with Crippen LogP contribution in [-0.2, 0) is 11.3 Å². The second-order valence-corrected chi connectivity index (χ2v) is 5.99. The molecule has 2 aromatic rings. The SMILES string of the molecule is CCn1nccc1[C@@H]1OCCC[C@H]1CNC(=O)c1cc[nH]c1C. The van der Waals surface area contributed by atoms with Gasteiger partial charge in [0, 0.05) is 43.7 Å². The average molecular weight is 316 g/mol. The Morgan fingerprint density at radius 1 is 1.52 bits per heavy atom. The molecule has 0 radical (unpaired) electrons. The third-order valence-corrected chi connectivity index (χ3v) is 4.51. The summed E-state index contributed by atoms with van der Waals surface area (Å²) < 4.78 is 7.98. The number of hydrogen-bond donors (Lipinski definition) is 2. The summed E-state index contributed by atoms with van der Waals surface area (Å²) in [4.78, 5) is 15.3. The fourth-order valence-electron chi connectivity index (χ4n) is 3.25. The molecule has 6 heteroatoms. The van der Waals surface area contributed by atoms with Crippen molar-refractivity contribution >= 4 is 5.91 Å². The molecule has 3 heterocycles. The maximum absolute atomic E-state index is 12.3. The molecule has 2 N–H and O–H groups in total. The fourth-order valence-corrected chi connectivity index (χ4v) is 3.25. The van der Waals surface area contributed by atoms with Crippen LogP contribution in [-0.4, -0.2) is 33.8 Å². The van der Waals surface area contributed by atoms with Crippen molar-refractivity contribution in [1.29, 1.82) is 0 Å². The van der Waals surface area contributed by atoms with E-state index in [0.717, 1.165) is 37.4 Å². The molecule has 6 nitrogen and oxygen atoms in total. The summed E-state index contributed by atoms with van der Waals surface area (Å²) in [6, 6.07) is 3.83. The maximum Gasteiger partial charge on any atom is 0.253 e. The highest BCUT2D eigenvalue weighted by molar-refractivity contribution is 5.95. The Hall–Kier alpha value is -2.08. The van der Waals surface area contributed by atoms with Gasteiger partial charge in [-0.3, -0.25) is 9.48 Å². The lowest BCUT2D eigenvalue weighted by Crippen LogP contribution is -2.36. The number of aromatic amines is 1. The molecule has 1 fully saturated rings. The van der Waals surface area contributed by atoms with E-state index in [-0.39, 0.29) is 17.9 Å². The van der Waals surface area contributed by atoms with Crippen LogP contribution in [0.5, 0.6) is 0 Å². The van der Waals surface area contributed by atoms with Gasteiger partial charge in [0.05, 0.1) is 11.3 Å². The monoisotopic (exact) mass is 316 g/mol. The van der Waals surface area contributed by atoms with Crippen LogP contribution in [0.2, 0.25) is 0 Å². The van der Waals surface area contributed by atoms with Gasteiger partial charge in [-0.15, -0.1) is 0 Å². The first-order valence-corrected chi connectivity index (χ1v) is 8.26. The molecule has 0 aliphatic carbocycles. The topological polar surface area (TPSA) is 71.9 Å².